The van der Waals surface area contributed by atoms with Crippen molar-refractivity contribution in [2.75, 3.05) is 0 Å². The van der Waals surface area contributed by atoms with Crippen molar-refractivity contribution in [2.45, 2.75) is 24.9 Å². The summed E-state index contributed by atoms with van der Waals surface area (Å²) >= 11 is 0. The molecule has 3 aliphatic rings. The van der Waals surface area contributed by atoms with Gasteiger partial charge in [-0.1, -0.05) is 19.1 Å². The van der Waals surface area contributed by atoms with E-state index in [9.17, 15) is 44.7 Å². The maximum Gasteiger partial charge on any atom is 0.311 e. The van der Waals surface area contributed by atoms with Gasteiger partial charge in [0, 0.05) is 23.3 Å². The van der Waals surface area contributed by atoms with Crippen LogP contribution in [0.25, 0.3) is 0 Å². The molecular formula is C21H19NO9. The van der Waals surface area contributed by atoms with E-state index in [1.54, 1.807) is 0 Å². The number of aliphatic hydroxyl groups excluding tert-OH is 2. The summed E-state index contributed by atoms with van der Waals surface area (Å²) in [5.41, 5.74) is 0.693. The molecule has 0 heterocycles. The normalized spacial score (nSPS) is 32.3. The van der Waals surface area contributed by atoms with Crippen molar-refractivity contribution in [2.24, 2.45) is 23.5 Å². The van der Waals surface area contributed by atoms with Crippen LogP contribution in [0.5, 0.6) is 5.75 Å². The molecule has 1 amide bonds. The maximum atomic E-state index is 13.2. The fourth-order valence-electron chi connectivity index (χ4n) is 5.22. The Morgan fingerprint density at radius 3 is 2.39 bits per heavy atom. The van der Waals surface area contributed by atoms with Crippen molar-refractivity contribution in [1.29, 1.82) is 0 Å². The quantitative estimate of drug-likeness (QED) is 0.362. The van der Waals surface area contributed by atoms with E-state index in [2.05, 4.69) is 0 Å². The molecule has 7 N–H and O–H groups in total. The number of aromatic hydroxyl groups is 1. The van der Waals surface area contributed by atoms with Gasteiger partial charge in [0.25, 0.3) is 5.91 Å². The molecule has 0 aliphatic heterocycles. The van der Waals surface area contributed by atoms with E-state index in [1.807, 2.05) is 0 Å². The molecule has 5 atom stereocenters. The van der Waals surface area contributed by atoms with Gasteiger partial charge in [0.15, 0.2) is 11.4 Å². The number of primary amides is 1. The summed E-state index contributed by atoms with van der Waals surface area (Å²) < 4.78 is 0. The Morgan fingerprint density at radius 2 is 1.81 bits per heavy atom. The van der Waals surface area contributed by atoms with Crippen LogP contribution in [0, 0.1) is 17.8 Å². The van der Waals surface area contributed by atoms with Crippen LogP contribution in [0.15, 0.2) is 40.9 Å². The number of aliphatic carboxylic acids is 1. The number of hydrogen-bond donors (Lipinski definition) is 6. The number of phenols is 1. The number of carboxylic acids is 1. The van der Waals surface area contributed by atoms with Gasteiger partial charge in [-0.3, -0.25) is 19.2 Å². The second-order valence-electron chi connectivity index (χ2n) is 8.11. The van der Waals surface area contributed by atoms with Crippen molar-refractivity contribution < 1.29 is 44.7 Å². The third-order valence-electron chi connectivity index (χ3n) is 6.69. The van der Waals surface area contributed by atoms with Crippen LogP contribution in [0.2, 0.25) is 0 Å². The van der Waals surface area contributed by atoms with E-state index in [-0.39, 0.29) is 17.5 Å². The third-order valence-corrected chi connectivity index (χ3v) is 6.69. The predicted molar refractivity (Wildman–Crippen MR) is 102 cm³/mol. The average molecular weight is 429 g/mol. The molecule has 0 bridgehead atoms. The van der Waals surface area contributed by atoms with E-state index in [0.717, 1.165) is 0 Å². The number of amides is 1. The second-order valence-corrected chi connectivity index (χ2v) is 8.11. The molecule has 0 saturated heterocycles. The van der Waals surface area contributed by atoms with Crippen molar-refractivity contribution in [3.05, 3.63) is 52.0 Å². The summed E-state index contributed by atoms with van der Waals surface area (Å²) in [6, 6.07) is 3.93. The first-order chi connectivity index (χ1) is 14.4. The van der Waals surface area contributed by atoms with Crippen molar-refractivity contribution >= 4 is 23.4 Å². The molecule has 0 fully saturated rings. The first kappa shape index (κ1) is 20.6. The summed E-state index contributed by atoms with van der Waals surface area (Å²) in [6.07, 6.45) is -0.267. The fraction of sp³-hybridized carbons (Fsp3) is 0.333. The van der Waals surface area contributed by atoms with Crippen LogP contribution in [0.4, 0.5) is 0 Å². The van der Waals surface area contributed by atoms with Gasteiger partial charge in [-0.15, -0.1) is 0 Å². The summed E-state index contributed by atoms with van der Waals surface area (Å²) in [4.78, 5) is 50.0. The first-order valence-electron chi connectivity index (χ1n) is 9.47. The molecular weight excluding hydrogens is 410 g/mol. The van der Waals surface area contributed by atoms with Crippen molar-refractivity contribution in [1.82, 2.24) is 0 Å². The van der Waals surface area contributed by atoms with Crippen LogP contribution in [0.1, 0.15) is 35.2 Å². The van der Waals surface area contributed by atoms with Gasteiger partial charge in [0.2, 0.25) is 5.78 Å². The Morgan fingerprint density at radius 1 is 1.16 bits per heavy atom. The number of hydrogen-bond acceptors (Lipinski definition) is 8. The highest BCUT2D eigenvalue weighted by molar-refractivity contribution is 6.24. The van der Waals surface area contributed by atoms with Gasteiger partial charge in [0.05, 0.1) is 11.5 Å². The Kier molecular flexibility index (Phi) is 4.27. The minimum Gasteiger partial charge on any atom is -0.511 e. The highest BCUT2D eigenvalue weighted by atomic mass is 16.4. The lowest BCUT2D eigenvalue weighted by Crippen LogP contribution is -2.60. The number of benzene rings is 1. The topological polar surface area (TPSA) is 195 Å². The lowest BCUT2D eigenvalue weighted by molar-refractivity contribution is -0.148. The number of nitrogens with two attached hydrogens (primary N) is 1. The van der Waals surface area contributed by atoms with Gasteiger partial charge >= 0.3 is 5.97 Å². The third kappa shape index (κ3) is 2.42. The van der Waals surface area contributed by atoms with Crippen LogP contribution >= 0.6 is 0 Å². The van der Waals surface area contributed by atoms with Crippen LogP contribution < -0.4 is 5.73 Å². The number of ketones is 2. The summed E-state index contributed by atoms with van der Waals surface area (Å²) in [6.45, 7) is 1.39. The number of allylic oxidation sites excluding steroid dienone is 2. The lowest BCUT2D eigenvalue weighted by Gasteiger charge is -2.49. The standard InChI is InChI=1S/C21H19NO9/c1-6-9-5-8-11(20(29)30)7-3-2-4-10(23)12(7)16(25)13(8)17(26)21(9,31)18(27)14(15(6)24)19(22)28/h2-4,6,8-9,11,23-24,26,31H,5H2,1H3,(H2,22,28)(H,29,30)/t6-,8+,9-,11-,21-/m0/s1. The fourth-order valence-corrected chi connectivity index (χ4v) is 5.22. The Labute approximate surface area is 174 Å². The van der Waals surface area contributed by atoms with E-state index < -0.39 is 81.1 Å². The number of aliphatic hydroxyl groups is 3. The lowest BCUT2D eigenvalue weighted by atomic mass is 9.55. The zero-order chi connectivity index (χ0) is 23.0. The highest BCUT2D eigenvalue weighted by Gasteiger charge is 2.63. The number of carbonyl (C=O) groups is 4. The van der Waals surface area contributed by atoms with Gasteiger partial charge in [-0.2, -0.15) is 0 Å². The summed E-state index contributed by atoms with van der Waals surface area (Å²) in [5, 5.41) is 52.7. The molecule has 0 saturated carbocycles. The zero-order valence-corrected chi connectivity index (χ0v) is 16.2. The van der Waals surface area contributed by atoms with Gasteiger partial charge in [0.1, 0.15) is 22.8 Å². The molecule has 4 rings (SSSR count). The van der Waals surface area contributed by atoms with Gasteiger partial charge in [-0.25, -0.2) is 0 Å². The number of Topliss-reactive ketones (excluding diaryl/α,β-unsaturated/α-hetero) is 2. The molecule has 0 radical (unpaired) electrons. The predicted octanol–water partition coefficient (Wildman–Crippen LogP) is 0.452. The SMILES string of the molecule is C[C@@H]1C(O)=C(C(N)=O)C(=O)[C@@]2(O)C(O)=C3C(=O)c4c(O)cccc4[C@H](C(=O)O)[C@H]3C[C@@H]12. The monoisotopic (exact) mass is 429 g/mol. The van der Waals surface area contributed by atoms with Crippen molar-refractivity contribution in [3.63, 3.8) is 0 Å². The van der Waals surface area contributed by atoms with Gasteiger partial charge in [-0.05, 0) is 18.1 Å². The molecule has 0 spiro atoms. The summed E-state index contributed by atoms with van der Waals surface area (Å²) in [7, 11) is 0. The van der Waals surface area contributed by atoms with E-state index in [1.165, 1.54) is 25.1 Å². The molecule has 3 aliphatic carbocycles. The molecule has 0 aromatic heterocycles. The Bertz CT molecular complexity index is 1150. The number of carboxylic acid groups (broad SMARTS) is 1. The van der Waals surface area contributed by atoms with Crippen molar-refractivity contribution in [3.8, 4) is 5.75 Å². The molecule has 0 unspecified atom stereocenters. The average Bonchev–Trinajstić information content (AvgIpc) is 2.68. The van der Waals surface area contributed by atoms with E-state index in [0.29, 0.717) is 0 Å². The van der Waals surface area contributed by atoms with Crippen LogP contribution in [-0.2, 0) is 14.4 Å². The molecule has 10 nitrogen and oxygen atoms in total. The number of carbonyl (C=O) groups excluding carboxylic acids is 3. The van der Waals surface area contributed by atoms with Gasteiger partial charge < -0.3 is 31.3 Å². The number of phenolic OH excluding ortho intramolecular Hbond substituents is 1. The smallest absolute Gasteiger partial charge is 0.311 e. The molecule has 162 valence electrons. The largest absolute Gasteiger partial charge is 0.511 e. The highest BCUT2D eigenvalue weighted by Crippen LogP contribution is 2.56. The van der Waals surface area contributed by atoms with Crippen LogP contribution in [0.3, 0.4) is 0 Å². The Balaban J connectivity index is 2.03. The molecule has 10 heteroatoms. The molecule has 1 aromatic rings. The van der Waals surface area contributed by atoms with E-state index in [4.69, 9.17) is 5.73 Å². The van der Waals surface area contributed by atoms with Crippen LogP contribution in [-0.4, -0.2) is 54.6 Å². The minimum absolute atomic E-state index is 0.0388. The number of rotatable bonds is 2. The zero-order valence-electron chi connectivity index (χ0n) is 16.2. The maximum absolute atomic E-state index is 13.2. The second kappa shape index (κ2) is 6.42. The molecule has 31 heavy (non-hydrogen) atoms. The first-order valence-corrected chi connectivity index (χ1v) is 9.47. The number of fused-ring (bicyclic) bond motifs is 3. The summed E-state index contributed by atoms with van der Waals surface area (Å²) in [5.74, 6) is -12.0. The van der Waals surface area contributed by atoms with E-state index >= 15 is 0 Å². The minimum atomic E-state index is -2.76. The molecule has 1 aromatic carbocycles. The Hall–Kier alpha value is -3.66.